The molecule has 0 radical (unpaired) electrons. The van der Waals surface area contributed by atoms with Crippen LogP contribution in [0.15, 0.2) is 30.3 Å². The Labute approximate surface area is 123 Å². The third-order valence-electron chi connectivity index (χ3n) is 3.34. The van der Waals surface area contributed by atoms with Gasteiger partial charge in [-0.25, -0.2) is 4.39 Å². The first-order valence-corrected chi connectivity index (χ1v) is 6.82. The zero-order chi connectivity index (χ0) is 14.9. The molecule has 0 bridgehead atoms. The molecular weight excluding hydrogens is 275 g/mol. The number of carbonyl (C=O) groups excluding carboxylic acids is 1. The zero-order valence-corrected chi connectivity index (χ0v) is 12.5. The van der Waals surface area contributed by atoms with Crippen LogP contribution in [0, 0.1) is 26.6 Å². The summed E-state index contributed by atoms with van der Waals surface area (Å²) < 4.78 is 13.4. The van der Waals surface area contributed by atoms with Gasteiger partial charge in [0.1, 0.15) is 5.82 Å². The second kappa shape index (κ2) is 5.76. The molecule has 0 amide bonds. The van der Waals surface area contributed by atoms with Crippen molar-refractivity contribution in [3.05, 3.63) is 69.0 Å². The zero-order valence-electron chi connectivity index (χ0n) is 11.8. The lowest BCUT2D eigenvalue weighted by Gasteiger charge is -2.11. The molecule has 0 saturated heterocycles. The molecule has 0 aromatic heterocycles. The van der Waals surface area contributed by atoms with Gasteiger partial charge >= 0.3 is 0 Å². The van der Waals surface area contributed by atoms with Crippen LogP contribution in [0.3, 0.4) is 0 Å². The van der Waals surface area contributed by atoms with Gasteiger partial charge in [-0.15, -0.1) is 0 Å². The Bertz CT molecular complexity index is 654. The van der Waals surface area contributed by atoms with Crippen molar-refractivity contribution in [1.82, 2.24) is 0 Å². The van der Waals surface area contributed by atoms with Gasteiger partial charge in [-0.2, -0.15) is 0 Å². The number of hydrogen-bond acceptors (Lipinski definition) is 1. The molecular formula is C17H16ClFO. The normalized spacial score (nSPS) is 10.7. The van der Waals surface area contributed by atoms with Crippen molar-refractivity contribution >= 4 is 17.4 Å². The van der Waals surface area contributed by atoms with E-state index >= 15 is 0 Å². The van der Waals surface area contributed by atoms with Crippen LogP contribution in [0.25, 0.3) is 0 Å². The van der Waals surface area contributed by atoms with E-state index in [1.807, 2.05) is 32.9 Å². The van der Waals surface area contributed by atoms with E-state index in [0.29, 0.717) is 11.1 Å². The molecule has 2 rings (SSSR count). The van der Waals surface area contributed by atoms with Gasteiger partial charge in [0.05, 0.1) is 5.02 Å². The maximum atomic E-state index is 13.4. The molecule has 0 N–H and O–H groups in total. The summed E-state index contributed by atoms with van der Waals surface area (Å²) in [6.45, 7) is 5.83. The average Bonchev–Trinajstić information content (AvgIpc) is 2.33. The summed E-state index contributed by atoms with van der Waals surface area (Å²) in [4.78, 5) is 12.4. The molecule has 2 aromatic rings. The van der Waals surface area contributed by atoms with E-state index in [2.05, 4.69) is 0 Å². The molecule has 0 atom stereocenters. The molecule has 0 fully saturated rings. The van der Waals surface area contributed by atoms with E-state index in [0.717, 1.165) is 16.7 Å². The highest BCUT2D eigenvalue weighted by molar-refractivity contribution is 6.31. The first-order valence-electron chi connectivity index (χ1n) is 6.44. The third kappa shape index (κ3) is 2.91. The maximum absolute atomic E-state index is 13.4. The number of carbonyl (C=O) groups is 1. The van der Waals surface area contributed by atoms with Gasteiger partial charge < -0.3 is 0 Å². The summed E-state index contributed by atoms with van der Waals surface area (Å²) in [5.74, 6) is -0.526. The third-order valence-corrected chi connectivity index (χ3v) is 3.76. The van der Waals surface area contributed by atoms with Gasteiger partial charge in [-0.3, -0.25) is 4.79 Å². The summed E-state index contributed by atoms with van der Waals surface area (Å²) in [6, 6.07) is 8.50. The topological polar surface area (TPSA) is 17.1 Å². The smallest absolute Gasteiger partial charge is 0.167 e. The minimum Gasteiger partial charge on any atom is -0.294 e. The maximum Gasteiger partial charge on any atom is 0.167 e. The summed E-state index contributed by atoms with van der Waals surface area (Å²) in [5.41, 5.74) is 4.24. The predicted octanol–water partition coefficient (Wildman–Crippen LogP) is 4.83. The van der Waals surface area contributed by atoms with Crippen LogP contribution in [-0.4, -0.2) is 5.78 Å². The average molecular weight is 291 g/mol. The fraction of sp³-hybridized carbons (Fsp3) is 0.235. The Morgan fingerprint density at radius 2 is 1.75 bits per heavy atom. The number of ketones is 1. The molecule has 104 valence electrons. The lowest BCUT2D eigenvalue weighted by Crippen LogP contribution is -2.09. The van der Waals surface area contributed by atoms with Crippen molar-refractivity contribution in [1.29, 1.82) is 0 Å². The molecule has 1 nitrogen and oxygen atoms in total. The lowest BCUT2D eigenvalue weighted by atomic mass is 9.93. The van der Waals surface area contributed by atoms with Crippen molar-refractivity contribution in [2.75, 3.05) is 0 Å². The fourth-order valence-electron chi connectivity index (χ4n) is 2.57. The Hall–Kier alpha value is -1.67. The van der Waals surface area contributed by atoms with E-state index in [1.54, 1.807) is 12.1 Å². The summed E-state index contributed by atoms with van der Waals surface area (Å²) in [7, 11) is 0. The van der Waals surface area contributed by atoms with Gasteiger partial charge in [0.2, 0.25) is 0 Å². The van der Waals surface area contributed by atoms with Crippen molar-refractivity contribution in [2.24, 2.45) is 0 Å². The summed E-state index contributed by atoms with van der Waals surface area (Å²) in [6.07, 6.45) is 0.112. The quantitative estimate of drug-likeness (QED) is 0.740. The van der Waals surface area contributed by atoms with Crippen LogP contribution in [0.2, 0.25) is 5.02 Å². The van der Waals surface area contributed by atoms with Crippen molar-refractivity contribution < 1.29 is 9.18 Å². The molecule has 0 spiro atoms. The molecule has 0 aliphatic carbocycles. The molecule has 0 heterocycles. The second-order valence-electron chi connectivity index (χ2n) is 5.09. The van der Waals surface area contributed by atoms with Gasteiger partial charge in [-0.1, -0.05) is 41.4 Å². The fourth-order valence-corrected chi connectivity index (χ4v) is 2.76. The van der Waals surface area contributed by atoms with Crippen LogP contribution in [-0.2, 0) is 6.42 Å². The SMILES string of the molecule is Cc1cc(C)c(C(=O)Cc2cccc(F)c2Cl)c(C)c1. The predicted molar refractivity (Wildman–Crippen MR) is 80.1 cm³/mol. The van der Waals surface area contributed by atoms with E-state index in [-0.39, 0.29) is 17.2 Å². The molecule has 20 heavy (non-hydrogen) atoms. The largest absolute Gasteiger partial charge is 0.294 e. The Balaban J connectivity index is 2.36. The van der Waals surface area contributed by atoms with Crippen LogP contribution < -0.4 is 0 Å². The second-order valence-corrected chi connectivity index (χ2v) is 5.46. The number of hydrogen-bond donors (Lipinski definition) is 0. The number of benzene rings is 2. The highest BCUT2D eigenvalue weighted by Gasteiger charge is 2.16. The standard InChI is InChI=1S/C17H16ClFO/c1-10-7-11(2)16(12(3)8-10)15(20)9-13-5-4-6-14(19)17(13)18/h4-8H,9H2,1-3H3. The van der Waals surface area contributed by atoms with Gasteiger partial charge in [0.25, 0.3) is 0 Å². The minimum absolute atomic E-state index is 0.0308. The van der Waals surface area contributed by atoms with Crippen LogP contribution >= 0.6 is 11.6 Å². The van der Waals surface area contributed by atoms with Gasteiger partial charge in [-0.05, 0) is 43.5 Å². The van der Waals surface area contributed by atoms with Crippen molar-refractivity contribution in [3.63, 3.8) is 0 Å². The Kier molecular flexibility index (Phi) is 4.24. The molecule has 0 unspecified atom stereocenters. The first kappa shape index (κ1) is 14.7. The highest BCUT2D eigenvalue weighted by atomic mass is 35.5. The van der Waals surface area contributed by atoms with Crippen LogP contribution in [0.4, 0.5) is 4.39 Å². The molecule has 0 aliphatic heterocycles. The lowest BCUT2D eigenvalue weighted by molar-refractivity contribution is 0.0992. The number of aryl methyl sites for hydroxylation is 3. The highest BCUT2D eigenvalue weighted by Crippen LogP contribution is 2.23. The summed E-state index contributed by atoms with van der Waals surface area (Å²) in [5, 5.41) is 0.0308. The van der Waals surface area contributed by atoms with E-state index in [9.17, 15) is 9.18 Å². The Morgan fingerprint density at radius 3 is 2.35 bits per heavy atom. The molecule has 3 heteroatoms. The van der Waals surface area contributed by atoms with E-state index in [1.165, 1.54) is 6.07 Å². The van der Waals surface area contributed by atoms with E-state index < -0.39 is 5.82 Å². The van der Waals surface area contributed by atoms with Gasteiger partial charge in [0.15, 0.2) is 5.78 Å². The van der Waals surface area contributed by atoms with Crippen molar-refractivity contribution in [2.45, 2.75) is 27.2 Å². The van der Waals surface area contributed by atoms with E-state index in [4.69, 9.17) is 11.6 Å². The van der Waals surface area contributed by atoms with Crippen LogP contribution in [0.5, 0.6) is 0 Å². The number of rotatable bonds is 3. The summed E-state index contributed by atoms with van der Waals surface area (Å²) >= 11 is 5.90. The number of Topliss-reactive ketones (excluding diaryl/α,β-unsaturated/α-hetero) is 1. The molecule has 0 aliphatic rings. The monoisotopic (exact) mass is 290 g/mol. The Morgan fingerprint density at radius 1 is 1.15 bits per heavy atom. The number of halogens is 2. The molecule has 0 saturated carbocycles. The first-order chi connectivity index (χ1) is 9.40. The molecule has 2 aromatic carbocycles. The van der Waals surface area contributed by atoms with Crippen LogP contribution in [0.1, 0.15) is 32.6 Å². The minimum atomic E-state index is -0.491. The van der Waals surface area contributed by atoms with Crippen molar-refractivity contribution in [3.8, 4) is 0 Å². The van der Waals surface area contributed by atoms with Gasteiger partial charge in [0, 0.05) is 12.0 Å².